The van der Waals surface area contributed by atoms with Crippen LogP contribution in [0.3, 0.4) is 0 Å². The molecule has 0 bridgehead atoms. The minimum Gasteiger partial charge on any atom is -0.363 e. The fourth-order valence-corrected chi connectivity index (χ4v) is 3.24. The Kier molecular flexibility index (Phi) is 5.68. The lowest BCUT2D eigenvalue weighted by Gasteiger charge is -2.16. The van der Waals surface area contributed by atoms with E-state index >= 15 is 0 Å². The number of aromatic nitrogens is 2. The number of benzene rings is 2. The third-order valence-corrected chi connectivity index (χ3v) is 4.66. The number of nitrogens with zero attached hydrogens (tertiary/aromatic N) is 2. The van der Waals surface area contributed by atoms with Gasteiger partial charge in [0.1, 0.15) is 6.04 Å². The van der Waals surface area contributed by atoms with Gasteiger partial charge in [0, 0.05) is 6.42 Å². The summed E-state index contributed by atoms with van der Waals surface area (Å²) in [6, 6.07) is 17.2. The molecule has 0 saturated heterocycles. The first-order valence-corrected chi connectivity index (χ1v) is 8.90. The van der Waals surface area contributed by atoms with Crippen molar-refractivity contribution < 1.29 is 14.4 Å². The van der Waals surface area contributed by atoms with E-state index < -0.39 is 23.6 Å². The number of rotatable bonds is 7. The molecule has 136 valence electrons. The number of amides is 2. The van der Waals surface area contributed by atoms with Gasteiger partial charge in [-0.2, -0.15) is 0 Å². The Labute approximate surface area is 159 Å². The smallest absolute Gasteiger partial charge is 0.287 e. The lowest BCUT2D eigenvalue weighted by Crippen LogP contribution is -2.47. The fraction of sp³-hybridized carbons (Fsp3) is 0.105. The van der Waals surface area contributed by atoms with Crippen LogP contribution in [0.15, 0.2) is 60.7 Å². The van der Waals surface area contributed by atoms with Crippen molar-refractivity contribution in [2.75, 3.05) is 0 Å². The third kappa shape index (κ3) is 4.42. The van der Waals surface area contributed by atoms with E-state index in [1.807, 2.05) is 36.4 Å². The van der Waals surface area contributed by atoms with Crippen LogP contribution in [0.5, 0.6) is 0 Å². The number of primary amides is 1. The van der Waals surface area contributed by atoms with Crippen LogP contribution in [0.25, 0.3) is 10.4 Å². The summed E-state index contributed by atoms with van der Waals surface area (Å²) in [7, 11) is 0. The molecule has 0 fully saturated rings. The van der Waals surface area contributed by atoms with E-state index in [4.69, 9.17) is 5.73 Å². The highest BCUT2D eigenvalue weighted by Gasteiger charge is 2.28. The van der Waals surface area contributed by atoms with Crippen molar-refractivity contribution in [3.05, 3.63) is 71.9 Å². The van der Waals surface area contributed by atoms with Crippen LogP contribution >= 0.6 is 11.5 Å². The van der Waals surface area contributed by atoms with Gasteiger partial charge >= 0.3 is 0 Å². The van der Waals surface area contributed by atoms with Crippen LogP contribution in [-0.2, 0) is 16.0 Å². The first-order valence-electron chi connectivity index (χ1n) is 8.12. The van der Waals surface area contributed by atoms with Gasteiger partial charge in [0.05, 0.1) is 4.88 Å². The average molecular weight is 380 g/mol. The molecule has 8 heteroatoms. The second-order valence-electron chi connectivity index (χ2n) is 5.76. The first kappa shape index (κ1) is 18.4. The molecule has 0 spiro atoms. The van der Waals surface area contributed by atoms with Gasteiger partial charge < -0.3 is 11.1 Å². The summed E-state index contributed by atoms with van der Waals surface area (Å²) in [5.74, 6) is -2.55. The van der Waals surface area contributed by atoms with E-state index in [0.29, 0.717) is 4.88 Å². The van der Waals surface area contributed by atoms with E-state index in [1.165, 1.54) is 0 Å². The number of hydrogen-bond donors (Lipinski definition) is 2. The molecule has 3 rings (SSSR count). The van der Waals surface area contributed by atoms with Crippen LogP contribution in [0.4, 0.5) is 0 Å². The quantitative estimate of drug-likeness (QED) is 0.604. The van der Waals surface area contributed by atoms with Crippen LogP contribution in [0.2, 0.25) is 0 Å². The normalized spacial score (nSPS) is 11.6. The number of carbonyl (C=O) groups excluding carboxylic acids is 3. The maximum absolute atomic E-state index is 12.7. The molecule has 1 aromatic heterocycles. The molecule has 1 unspecified atom stereocenters. The third-order valence-electron chi connectivity index (χ3n) is 3.89. The highest BCUT2D eigenvalue weighted by atomic mass is 32.1. The van der Waals surface area contributed by atoms with Gasteiger partial charge in [-0.25, -0.2) is 0 Å². The minimum absolute atomic E-state index is 0.0986. The zero-order chi connectivity index (χ0) is 19.2. The molecule has 7 nitrogen and oxygen atoms in total. The lowest BCUT2D eigenvalue weighted by molar-refractivity contribution is -0.137. The zero-order valence-corrected chi connectivity index (χ0v) is 15.0. The summed E-state index contributed by atoms with van der Waals surface area (Å²) in [4.78, 5) is 36.9. The highest BCUT2D eigenvalue weighted by molar-refractivity contribution is 7.09. The van der Waals surface area contributed by atoms with E-state index in [9.17, 15) is 14.4 Å². The van der Waals surface area contributed by atoms with Gasteiger partial charge in [-0.15, -0.1) is 5.10 Å². The average Bonchev–Trinajstić information content (AvgIpc) is 3.18. The molecule has 0 aliphatic heterocycles. The molecule has 0 saturated carbocycles. The van der Waals surface area contributed by atoms with E-state index in [1.54, 1.807) is 24.3 Å². The molecule has 1 heterocycles. The lowest BCUT2D eigenvalue weighted by atomic mass is 10.0. The number of nitrogens with two attached hydrogens (primary N) is 1. The highest BCUT2D eigenvalue weighted by Crippen LogP contribution is 2.25. The predicted octanol–water partition coefficient (Wildman–Crippen LogP) is 1.60. The van der Waals surface area contributed by atoms with Gasteiger partial charge in [-0.1, -0.05) is 65.2 Å². The number of ketones is 1. The molecular weight excluding hydrogens is 364 g/mol. The Morgan fingerprint density at radius 3 is 2.26 bits per heavy atom. The standard InChI is InChI=1S/C19H16N4O3S/c20-18(25)16(24)14(11-12-7-3-1-4-8-12)21-19(26)15-17(27-23-22-15)13-9-5-2-6-10-13/h1-10,14H,11H2,(H2,20,25)(H,21,26). The number of Topliss-reactive ketones (excluding diaryl/α,β-unsaturated/α-hetero) is 1. The summed E-state index contributed by atoms with van der Waals surface area (Å²) < 4.78 is 3.85. The Hall–Kier alpha value is -3.39. The monoisotopic (exact) mass is 380 g/mol. The van der Waals surface area contributed by atoms with Gasteiger partial charge in [-0.3, -0.25) is 14.4 Å². The predicted molar refractivity (Wildman–Crippen MR) is 101 cm³/mol. The Morgan fingerprint density at radius 1 is 1.00 bits per heavy atom. The molecule has 27 heavy (non-hydrogen) atoms. The summed E-state index contributed by atoms with van der Waals surface area (Å²) in [6.07, 6.45) is 0.145. The fourth-order valence-electron chi connectivity index (χ4n) is 2.58. The molecule has 1 atom stereocenters. The van der Waals surface area contributed by atoms with Crippen molar-refractivity contribution in [2.24, 2.45) is 5.73 Å². The first-order chi connectivity index (χ1) is 13.1. The second-order valence-corrected chi connectivity index (χ2v) is 6.52. The Bertz CT molecular complexity index is 957. The SMILES string of the molecule is NC(=O)C(=O)C(Cc1ccccc1)NC(=O)c1nnsc1-c1ccccc1. The topological polar surface area (TPSA) is 115 Å². The Morgan fingerprint density at radius 2 is 1.63 bits per heavy atom. The van der Waals surface area contributed by atoms with Gasteiger partial charge in [0.2, 0.25) is 5.78 Å². The summed E-state index contributed by atoms with van der Waals surface area (Å²) >= 11 is 1.08. The van der Waals surface area contributed by atoms with Crippen LogP contribution in [-0.4, -0.2) is 33.2 Å². The molecular formula is C19H16N4O3S. The molecule has 0 aliphatic rings. The van der Waals surface area contributed by atoms with Crippen LogP contribution < -0.4 is 11.1 Å². The van der Waals surface area contributed by atoms with Gasteiger partial charge in [-0.05, 0) is 22.7 Å². The van der Waals surface area contributed by atoms with Crippen molar-refractivity contribution in [3.8, 4) is 10.4 Å². The molecule has 0 aliphatic carbocycles. The summed E-state index contributed by atoms with van der Waals surface area (Å²) in [6.45, 7) is 0. The second kappa shape index (κ2) is 8.33. The summed E-state index contributed by atoms with van der Waals surface area (Å²) in [5, 5.41) is 6.46. The van der Waals surface area contributed by atoms with Crippen LogP contribution in [0, 0.1) is 0 Å². The minimum atomic E-state index is -1.10. The molecule has 2 amide bonds. The van der Waals surface area contributed by atoms with E-state index in [2.05, 4.69) is 14.9 Å². The van der Waals surface area contributed by atoms with Gasteiger partial charge in [0.15, 0.2) is 5.69 Å². The Balaban J connectivity index is 1.84. The maximum Gasteiger partial charge on any atom is 0.287 e. The van der Waals surface area contributed by atoms with Crippen molar-refractivity contribution in [3.63, 3.8) is 0 Å². The largest absolute Gasteiger partial charge is 0.363 e. The molecule has 2 aromatic carbocycles. The molecule has 0 radical (unpaired) electrons. The number of hydrogen-bond acceptors (Lipinski definition) is 6. The number of nitrogens with one attached hydrogen (secondary N) is 1. The molecule has 3 aromatic rings. The van der Waals surface area contributed by atoms with Crippen LogP contribution in [0.1, 0.15) is 16.1 Å². The van der Waals surface area contributed by atoms with Crippen molar-refractivity contribution in [1.82, 2.24) is 14.9 Å². The van der Waals surface area contributed by atoms with Gasteiger partial charge in [0.25, 0.3) is 11.8 Å². The van der Waals surface area contributed by atoms with Crippen molar-refractivity contribution in [1.29, 1.82) is 0 Å². The maximum atomic E-state index is 12.7. The van der Waals surface area contributed by atoms with Crippen molar-refractivity contribution in [2.45, 2.75) is 12.5 Å². The summed E-state index contributed by atoms with van der Waals surface area (Å²) in [5.41, 5.74) is 6.82. The van der Waals surface area contributed by atoms with E-state index in [0.717, 1.165) is 22.7 Å². The molecule has 3 N–H and O–H groups in total. The van der Waals surface area contributed by atoms with E-state index in [-0.39, 0.29) is 12.1 Å². The number of carbonyl (C=O) groups is 3. The zero-order valence-electron chi connectivity index (χ0n) is 14.2. The van der Waals surface area contributed by atoms with Crippen molar-refractivity contribution >= 4 is 29.1 Å².